The van der Waals surface area contributed by atoms with E-state index in [1.54, 1.807) is 29.2 Å². The molecule has 2 N–H and O–H groups in total. The summed E-state index contributed by atoms with van der Waals surface area (Å²) in [7, 11) is 0. The molecule has 8 heteroatoms. The van der Waals surface area contributed by atoms with Gasteiger partial charge in [-0.3, -0.25) is 4.79 Å². The van der Waals surface area contributed by atoms with Crippen molar-refractivity contribution in [1.29, 1.82) is 0 Å². The Bertz CT molecular complexity index is 903. The monoisotopic (exact) mass is 373 g/mol. The Kier molecular flexibility index (Phi) is 5.32. The van der Waals surface area contributed by atoms with E-state index < -0.39 is 0 Å². The van der Waals surface area contributed by atoms with Gasteiger partial charge in [-0.15, -0.1) is 0 Å². The summed E-state index contributed by atoms with van der Waals surface area (Å²) in [6.45, 7) is 6.56. The van der Waals surface area contributed by atoms with Crippen LogP contribution < -0.4 is 10.6 Å². The maximum absolute atomic E-state index is 13.1. The third kappa shape index (κ3) is 3.75. The van der Waals surface area contributed by atoms with Crippen molar-refractivity contribution >= 4 is 22.4 Å². The van der Waals surface area contributed by atoms with E-state index in [0.717, 1.165) is 28.6 Å². The van der Waals surface area contributed by atoms with Crippen LogP contribution in [0.5, 0.6) is 0 Å². The summed E-state index contributed by atoms with van der Waals surface area (Å²) in [5, 5.41) is 11.2. The Labute approximate surface area is 155 Å². The highest BCUT2D eigenvalue weighted by Crippen LogP contribution is 2.22. The highest BCUT2D eigenvalue weighted by molar-refractivity contribution is 7.17. The average molecular weight is 373 g/mol. The first kappa shape index (κ1) is 18.1. The first-order valence-electron chi connectivity index (χ1n) is 8.30. The third-order valence-corrected chi connectivity index (χ3v) is 4.94. The highest BCUT2D eigenvalue weighted by Gasteiger charge is 2.18. The molecular weight excluding hydrogens is 353 g/mol. The minimum absolute atomic E-state index is 0.173. The summed E-state index contributed by atoms with van der Waals surface area (Å²) in [4.78, 5) is 17.2. The molecule has 2 heterocycles. The van der Waals surface area contributed by atoms with Crippen molar-refractivity contribution in [2.75, 3.05) is 11.9 Å². The molecule has 0 radical (unpaired) electrons. The van der Waals surface area contributed by atoms with Gasteiger partial charge in [-0.05, 0) is 45.0 Å². The van der Waals surface area contributed by atoms with Crippen molar-refractivity contribution in [3.05, 3.63) is 58.6 Å². The fourth-order valence-electron chi connectivity index (χ4n) is 2.65. The fraction of sp³-hybridized carbons (Fsp3) is 0.278. The Morgan fingerprint density at radius 3 is 2.73 bits per heavy atom. The number of aromatic nitrogens is 3. The van der Waals surface area contributed by atoms with Gasteiger partial charge in [-0.2, -0.15) is 5.10 Å². The number of nitrogens with zero attached hydrogens (tertiary/aromatic N) is 3. The van der Waals surface area contributed by atoms with Crippen molar-refractivity contribution in [3.8, 4) is 5.69 Å². The number of thiazole rings is 1. The van der Waals surface area contributed by atoms with Gasteiger partial charge < -0.3 is 10.6 Å². The van der Waals surface area contributed by atoms with Gasteiger partial charge in [0.2, 0.25) is 0 Å². The van der Waals surface area contributed by atoms with Gasteiger partial charge in [0.1, 0.15) is 10.7 Å². The van der Waals surface area contributed by atoms with Crippen LogP contribution in [0.25, 0.3) is 5.69 Å². The smallest absolute Gasteiger partial charge is 0.263 e. The minimum atomic E-state index is -0.291. The highest BCUT2D eigenvalue weighted by atomic mass is 32.1. The Balaban J connectivity index is 1.74. The molecule has 2 aromatic heterocycles. The third-order valence-electron chi connectivity index (χ3n) is 3.99. The van der Waals surface area contributed by atoms with Crippen LogP contribution in [0.15, 0.2) is 36.7 Å². The van der Waals surface area contributed by atoms with Crippen LogP contribution in [0.4, 0.5) is 9.52 Å². The minimum Gasteiger partial charge on any atom is -0.362 e. The normalized spacial score (nSPS) is 12.0. The van der Waals surface area contributed by atoms with Crippen LogP contribution in [0, 0.1) is 12.7 Å². The molecule has 0 saturated heterocycles. The van der Waals surface area contributed by atoms with Crippen molar-refractivity contribution in [3.63, 3.8) is 0 Å². The largest absolute Gasteiger partial charge is 0.362 e. The second-order valence-corrected chi connectivity index (χ2v) is 6.86. The van der Waals surface area contributed by atoms with E-state index in [4.69, 9.17) is 0 Å². The number of anilines is 1. The zero-order valence-electron chi connectivity index (χ0n) is 14.8. The van der Waals surface area contributed by atoms with Crippen LogP contribution >= 0.6 is 11.3 Å². The summed E-state index contributed by atoms with van der Waals surface area (Å²) in [6, 6.07) is 5.91. The maximum atomic E-state index is 13.1. The van der Waals surface area contributed by atoms with E-state index in [1.165, 1.54) is 23.5 Å². The Morgan fingerprint density at radius 2 is 2.04 bits per heavy atom. The SMILES string of the molecule is CCNc1ncc(C(=O)N[C@@H](C)c2cnn(-c3ccc(F)cc3)c2C)s1. The van der Waals surface area contributed by atoms with E-state index in [2.05, 4.69) is 20.7 Å². The van der Waals surface area contributed by atoms with Crippen molar-refractivity contribution in [2.45, 2.75) is 26.8 Å². The van der Waals surface area contributed by atoms with Crippen LogP contribution in [0.2, 0.25) is 0 Å². The Hall–Kier alpha value is -2.74. The second-order valence-electron chi connectivity index (χ2n) is 5.83. The van der Waals surface area contributed by atoms with Gasteiger partial charge in [-0.25, -0.2) is 14.1 Å². The van der Waals surface area contributed by atoms with Gasteiger partial charge in [0, 0.05) is 17.8 Å². The lowest BCUT2D eigenvalue weighted by Crippen LogP contribution is -2.26. The number of amides is 1. The maximum Gasteiger partial charge on any atom is 0.263 e. The molecule has 0 bridgehead atoms. The molecule has 0 unspecified atom stereocenters. The topological polar surface area (TPSA) is 71.8 Å². The molecule has 0 spiro atoms. The molecule has 136 valence electrons. The van der Waals surface area contributed by atoms with Crippen molar-refractivity contribution in [2.24, 2.45) is 0 Å². The summed E-state index contributed by atoms with van der Waals surface area (Å²) >= 11 is 1.32. The molecule has 3 rings (SSSR count). The van der Waals surface area contributed by atoms with Crippen LogP contribution in [0.1, 0.15) is 40.8 Å². The molecule has 0 fully saturated rings. The van der Waals surface area contributed by atoms with Gasteiger partial charge in [0.15, 0.2) is 5.13 Å². The van der Waals surface area contributed by atoms with Crippen LogP contribution in [-0.2, 0) is 0 Å². The number of rotatable bonds is 6. The molecule has 3 aromatic rings. The molecule has 26 heavy (non-hydrogen) atoms. The van der Waals surface area contributed by atoms with Crippen molar-refractivity contribution < 1.29 is 9.18 Å². The molecule has 0 aliphatic heterocycles. The van der Waals surface area contributed by atoms with Crippen LogP contribution in [-0.4, -0.2) is 27.2 Å². The lowest BCUT2D eigenvalue weighted by Gasteiger charge is -2.13. The van der Waals surface area contributed by atoms with Crippen molar-refractivity contribution in [1.82, 2.24) is 20.1 Å². The number of halogens is 1. The van der Waals surface area contributed by atoms with Gasteiger partial charge in [0.25, 0.3) is 5.91 Å². The summed E-state index contributed by atoms with van der Waals surface area (Å²) in [5.41, 5.74) is 2.56. The van der Waals surface area contributed by atoms with E-state index in [9.17, 15) is 9.18 Å². The number of carbonyl (C=O) groups is 1. The molecule has 0 saturated carbocycles. The van der Waals surface area contributed by atoms with E-state index in [0.29, 0.717) is 4.88 Å². The predicted octanol–water partition coefficient (Wildman–Crippen LogP) is 3.70. The molecule has 0 aliphatic carbocycles. The molecule has 1 atom stereocenters. The number of benzene rings is 1. The summed E-state index contributed by atoms with van der Waals surface area (Å²) in [5.74, 6) is -0.464. The number of carbonyl (C=O) groups excluding carboxylic acids is 1. The van der Waals surface area contributed by atoms with Crippen LogP contribution in [0.3, 0.4) is 0 Å². The number of nitrogens with one attached hydrogen (secondary N) is 2. The van der Waals surface area contributed by atoms with Gasteiger partial charge in [-0.1, -0.05) is 11.3 Å². The fourth-order valence-corrected chi connectivity index (χ4v) is 3.43. The average Bonchev–Trinajstić information content (AvgIpc) is 3.23. The molecular formula is C18H20FN5OS. The number of hydrogen-bond acceptors (Lipinski definition) is 5. The summed E-state index contributed by atoms with van der Waals surface area (Å²) < 4.78 is 14.8. The van der Waals surface area contributed by atoms with Gasteiger partial charge in [0.05, 0.1) is 24.1 Å². The van der Waals surface area contributed by atoms with E-state index in [-0.39, 0.29) is 17.8 Å². The Morgan fingerprint density at radius 1 is 1.31 bits per heavy atom. The molecule has 1 aromatic carbocycles. The molecule has 0 aliphatic rings. The van der Waals surface area contributed by atoms with E-state index in [1.807, 2.05) is 20.8 Å². The van der Waals surface area contributed by atoms with Gasteiger partial charge >= 0.3 is 0 Å². The quantitative estimate of drug-likeness (QED) is 0.691. The second kappa shape index (κ2) is 7.65. The standard InChI is InChI=1S/C18H20FN5OS/c1-4-20-18-21-10-16(26-18)17(25)23-11(2)15-9-22-24(12(15)3)14-7-5-13(19)6-8-14/h5-11H,4H2,1-3H3,(H,20,21)(H,23,25)/t11-/m0/s1. The zero-order valence-corrected chi connectivity index (χ0v) is 15.6. The first-order chi connectivity index (χ1) is 12.5. The summed E-state index contributed by atoms with van der Waals surface area (Å²) in [6.07, 6.45) is 3.29. The number of hydrogen-bond donors (Lipinski definition) is 2. The molecule has 1 amide bonds. The zero-order chi connectivity index (χ0) is 18.7. The van der Waals surface area contributed by atoms with E-state index >= 15 is 0 Å². The predicted molar refractivity (Wildman–Crippen MR) is 100 cm³/mol. The first-order valence-corrected chi connectivity index (χ1v) is 9.12. The lowest BCUT2D eigenvalue weighted by atomic mass is 10.1. The molecule has 6 nitrogen and oxygen atoms in total. The lowest BCUT2D eigenvalue weighted by molar-refractivity contribution is 0.0943.